The molecule has 2 aliphatic rings. The van der Waals surface area contributed by atoms with Gasteiger partial charge in [-0.05, 0) is 136 Å². The van der Waals surface area contributed by atoms with Gasteiger partial charge in [0, 0.05) is 52.7 Å². The summed E-state index contributed by atoms with van der Waals surface area (Å²) in [5, 5.41) is 29.7. The third kappa shape index (κ3) is 26.9. The normalized spacial score (nSPS) is 13.7. The Morgan fingerprint density at radius 3 is 1.46 bits per heavy atom. The lowest BCUT2D eigenvalue weighted by molar-refractivity contribution is -0.131. The molecule has 5 rings (SSSR count). The molecule has 0 radical (unpaired) electrons. The van der Waals surface area contributed by atoms with Crippen molar-refractivity contribution in [1.29, 1.82) is 0 Å². The topological polar surface area (TPSA) is 157 Å². The third-order valence-electron chi connectivity index (χ3n) is 8.35. The van der Waals surface area contributed by atoms with Crippen LogP contribution in [0.4, 0.5) is 0 Å². The van der Waals surface area contributed by atoms with E-state index in [9.17, 15) is 19.5 Å². The van der Waals surface area contributed by atoms with E-state index in [0.29, 0.717) is 5.75 Å². The minimum absolute atomic E-state index is 0.0366. The number of carbonyl (C=O) groups is 3. The largest absolute Gasteiger partial charge is 0.508 e. The number of hydrogen-bond acceptors (Lipinski definition) is 9. The Hall–Kier alpha value is -4.46. The Balaban J connectivity index is 0.000000455. The monoisotopic (exact) mass is 845 g/mol. The number of aliphatic carboxylic acids is 1. The van der Waals surface area contributed by atoms with Crippen molar-refractivity contribution in [3.8, 4) is 17.2 Å². The van der Waals surface area contributed by atoms with Gasteiger partial charge in [0.2, 0.25) is 15.1 Å². The highest BCUT2D eigenvalue weighted by molar-refractivity contribution is 8.26. The van der Waals surface area contributed by atoms with Gasteiger partial charge >= 0.3 is 11.9 Å². The maximum Gasteiger partial charge on any atom is 0.336 e. The van der Waals surface area contributed by atoms with E-state index >= 15 is 0 Å². The van der Waals surface area contributed by atoms with Crippen molar-refractivity contribution in [2.75, 3.05) is 45.8 Å². The highest BCUT2D eigenvalue weighted by atomic mass is 36.0. The van der Waals surface area contributed by atoms with Crippen LogP contribution in [0, 0.1) is 0 Å². The number of halogens is 2. The molecule has 0 bridgehead atoms. The number of nitrogens with zero attached hydrogens (tertiary/aromatic N) is 2. The van der Waals surface area contributed by atoms with Gasteiger partial charge in [-0.1, -0.05) is 63.6 Å². The highest BCUT2D eigenvalue weighted by Crippen LogP contribution is 2.16. The second-order valence-corrected chi connectivity index (χ2v) is 15.0. The van der Waals surface area contributed by atoms with E-state index < -0.39 is 21.2 Å². The number of carbonyl (C=O) groups excluding carboxylic acids is 2. The Morgan fingerprint density at radius 1 is 0.684 bits per heavy atom. The van der Waals surface area contributed by atoms with Crippen LogP contribution >= 0.6 is 21.4 Å². The van der Waals surface area contributed by atoms with E-state index in [1.807, 2.05) is 4.90 Å². The minimum Gasteiger partial charge on any atom is -0.508 e. The first-order valence-electron chi connectivity index (χ1n) is 19.0. The number of benzene rings is 3. The zero-order valence-electron chi connectivity index (χ0n) is 33.0. The Labute approximate surface area is 349 Å². The molecule has 4 N–H and O–H groups in total. The zero-order chi connectivity index (χ0) is 42.3. The number of aromatic hydroxyl groups is 2. The average molecular weight is 847 g/mol. The molecular formula is C43H57Cl2N3O8S. The summed E-state index contributed by atoms with van der Waals surface area (Å²) in [5.74, 6) is -0.664. The van der Waals surface area contributed by atoms with E-state index in [1.165, 1.54) is 82.7 Å². The maximum atomic E-state index is 12.1. The molecule has 0 aliphatic carbocycles. The SMILES string of the molecule is C1CCNCC1.CCN(CC)CC.O=C(/C=C/c1ccc(O)cc1)Oc1ccc(/C=C/C(=O)N2CCCCC2)cc1.O=C(O)/C=C/c1ccc(O)cc1.O=S(Cl)Cl. The molecule has 2 saturated heterocycles. The van der Waals surface area contributed by atoms with Gasteiger partial charge in [-0.15, -0.1) is 0 Å². The van der Waals surface area contributed by atoms with Gasteiger partial charge < -0.3 is 35.2 Å². The van der Waals surface area contributed by atoms with Gasteiger partial charge in [-0.3, -0.25) is 4.79 Å². The van der Waals surface area contributed by atoms with E-state index in [2.05, 4.69) is 52.4 Å². The van der Waals surface area contributed by atoms with Crippen molar-refractivity contribution in [1.82, 2.24) is 15.1 Å². The molecule has 14 heteroatoms. The number of piperidine rings is 2. The molecule has 2 fully saturated rings. The van der Waals surface area contributed by atoms with Crippen molar-refractivity contribution in [2.24, 2.45) is 0 Å². The zero-order valence-corrected chi connectivity index (χ0v) is 35.4. The van der Waals surface area contributed by atoms with E-state index in [0.717, 1.165) is 48.7 Å². The molecule has 1 amide bonds. The molecular weight excluding hydrogens is 789 g/mol. The number of phenols is 2. The van der Waals surface area contributed by atoms with E-state index in [4.69, 9.17) is 19.2 Å². The highest BCUT2D eigenvalue weighted by Gasteiger charge is 2.13. The Kier molecular flexibility index (Phi) is 28.0. The summed E-state index contributed by atoms with van der Waals surface area (Å²) in [6, 6.07) is 19.7. The van der Waals surface area contributed by atoms with Gasteiger partial charge in [0.25, 0.3) is 0 Å². The number of esters is 1. The number of ether oxygens (including phenoxy) is 1. The molecule has 57 heavy (non-hydrogen) atoms. The lowest BCUT2D eigenvalue weighted by Gasteiger charge is -2.25. The fraction of sp³-hybridized carbons (Fsp3) is 0.372. The lowest BCUT2D eigenvalue weighted by Crippen LogP contribution is -2.34. The molecule has 0 aromatic heterocycles. The molecule has 3 aromatic rings. The van der Waals surface area contributed by atoms with Gasteiger partial charge in [0.15, 0.2) is 0 Å². The summed E-state index contributed by atoms with van der Waals surface area (Å²) in [5.41, 5.74) is 2.40. The number of hydrogen-bond donors (Lipinski definition) is 4. The second kappa shape index (κ2) is 31.6. The molecule has 11 nitrogen and oxygen atoms in total. The van der Waals surface area contributed by atoms with E-state index in [-0.39, 0.29) is 17.4 Å². The molecule has 0 atom stereocenters. The van der Waals surface area contributed by atoms with Crippen molar-refractivity contribution < 1.29 is 38.6 Å². The average Bonchev–Trinajstić information content (AvgIpc) is 3.22. The van der Waals surface area contributed by atoms with Crippen LogP contribution < -0.4 is 10.1 Å². The quantitative estimate of drug-likeness (QED) is 0.0674. The van der Waals surface area contributed by atoms with Crippen LogP contribution in [0.5, 0.6) is 17.2 Å². The minimum atomic E-state index is -1.67. The second-order valence-electron chi connectivity index (χ2n) is 12.5. The number of carboxylic acids is 1. The smallest absolute Gasteiger partial charge is 0.336 e. The van der Waals surface area contributed by atoms with Crippen LogP contribution in [-0.2, 0) is 23.6 Å². The van der Waals surface area contributed by atoms with Crippen LogP contribution in [0.15, 0.2) is 91.0 Å². The molecule has 2 heterocycles. The number of amides is 1. The van der Waals surface area contributed by atoms with Crippen LogP contribution in [-0.4, -0.2) is 93.0 Å². The number of nitrogens with one attached hydrogen (secondary N) is 1. The Bertz CT molecular complexity index is 1650. The van der Waals surface area contributed by atoms with Gasteiger partial charge in [-0.25, -0.2) is 13.8 Å². The molecule has 0 unspecified atom stereocenters. The summed E-state index contributed by atoms with van der Waals surface area (Å²) in [6.07, 6.45) is 16.4. The van der Waals surface area contributed by atoms with Crippen LogP contribution in [0.3, 0.4) is 0 Å². The number of likely N-dealkylation sites (tertiary alicyclic amines) is 1. The summed E-state index contributed by atoms with van der Waals surface area (Å²) in [7, 11) is 7.36. The Morgan fingerprint density at radius 2 is 1.09 bits per heavy atom. The molecule has 2 aliphatic heterocycles. The summed E-state index contributed by atoms with van der Waals surface area (Å²) in [4.78, 5) is 38.4. The van der Waals surface area contributed by atoms with Crippen molar-refractivity contribution in [2.45, 2.75) is 59.3 Å². The number of phenolic OH excluding ortho intramolecular Hbond substituents is 2. The molecule has 312 valence electrons. The van der Waals surface area contributed by atoms with Gasteiger partial charge in [-0.2, -0.15) is 0 Å². The first-order chi connectivity index (χ1) is 27.4. The van der Waals surface area contributed by atoms with Crippen molar-refractivity contribution in [3.05, 3.63) is 108 Å². The van der Waals surface area contributed by atoms with Gasteiger partial charge in [0.1, 0.15) is 17.2 Å². The fourth-order valence-electron chi connectivity index (χ4n) is 5.16. The summed E-state index contributed by atoms with van der Waals surface area (Å²) < 4.78 is 14.3. The summed E-state index contributed by atoms with van der Waals surface area (Å²) >= 11 is 0. The predicted molar refractivity (Wildman–Crippen MR) is 233 cm³/mol. The fourth-order valence-corrected chi connectivity index (χ4v) is 5.16. The lowest BCUT2D eigenvalue weighted by atomic mass is 10.1. The predicted octanol–water partition coefficient (Wildman–Crippen LogP) is 8.68. The first kappa shape index (κ1) is 50.6. The maximum absolute atomic E-state index is 12.1. The molecule has 0 spiro atoms. The number of carboxylic acid groups (broad SMARTS) is 1. The third-order valence-corrected chi connectivity index (χ3v) is 8.35. The van der Waals surface area contributed by atoms with Crippen LogP contribution in [0.2, 0.25) is 0 Å². The van der Waals surface area contributed by atoms with Gasteiger partial charge in [0.05, 0.1) is 0 Å². The first-order valence-corrected chi connectivity index (χ1v) is 21.8. The van der Waals surface area contributed by atoms with Crippen molar-refractivity contribution in [3.63, 3.8) is 0 Å². The number of rotatable bonds is 10. The summed E-state index contributed by atoms with van der Waals surface area (Å²) in [6.45, 7) is 14.3. The molecule has 3 aromatic carbocycles. The molecule has 0 saturated carbocycles. The van der Waals surface area contributed by atoms with E-state index in [1.54, 1.807) is 78.9 Å². The van der Waals surface area contributed by atoms with Crippen molar-refractivity contribution >= 4 is 66.7 Å². The van der Waals surface area contributed by atoms with Crippen LogP contribution in [0.1, 0.15) is 76.0 Å². The standard InChI is InChI=1S/C23H23NO4.C9H8O3.C6H15N.C5H11N.Cl2OS/c25-20-10-4-18(5-11-20)9-15-23(27)28-21-12-6-19(7-13-21)8-14-22(26)24-16-2-1-3-17-24;10-8-4-1-7(2-5-8)3-6-9(11)12;1-4-7(5-2)6-3;1-2-4-6-5-3-1;1-4(2)3/h4-15,25H,1-3,16-17H2;1-6,10H,(H,11,12);4-6H2,1-3H3;6H,1-5H2;/b14-8+,15-9+;6-3+;;;. The van der Waals surface area contributed by atoms with Crippen LogP contribution in [0.25, 0.3) is 18.2 Å².